The van der Waals surface area contributed by atoms with E-state index in [1.54, 1.807) is 6.07 Å². The van der Waals surface area contributed by atoms with Crippen LogP contribution in [0.25, 0.3) is 0 Å². The van der Waals surface area contributed by atoms with E-state index in [0.29, 0.717) is 18.9 Å². The lowest BCUT2D eigenvalue weighted by Crippen LogP contribution is -2.32. The lowest BCUT2D eigenvalue weighted by molar-refractivity contribution is 0.0920. The number of benzene rings is 1. The Kier molecular flexibility index (Phi) is 5.22. The highest BCUT2D eigenvalue weighted by Crippen LogP contribution is 2.34. The smallest absolute Gasteiger partial charge is 0.270 e. The van der Waals surface area contributed by atoms with Gasteiger partial charge in [0.25, 0.3) is 5.91 Å². The molecule has 3 rings (SSSR count). The average molecular weight is 340 g/mol. The quantitative estimate of drug-likeness (QED) is 0.922. The molecule has 25 heavy (non-hydrogen) atoms. The number of fused-ring (bicyclic) bond motifs is 1. The fraction of sp³-hybridized carbons (Fsp3) is 0.400. The molecule has 0 bridgehead atoms. The Morgan fingerprint density at radius 3 is 2.60 bits per heavy atom. The van der Waals surface area contributed by atoms with Crippen LogP contribution in [0.15, 0.2) is 36.4 Å². The van der Waals surface area contributed by atoms with Crippen molar-refractivity contribution in [3.05, 3.63) is 53.3 Å². The number of nitrogens with one attached hydrogen (secondary N) is 1. The summed E-state index contributed by atoms with van der Waals surface area (Å²) in [6.45, 7) is 7.34. The van der Waals surface area contributed by atoms with Gasteiger partial charge in [0.05, 0.1) is 19.3 Å². The molecule has 0 aliphatic carbocycles. The van der Waals surface area contributed by atoms with Crippen LogP contribution in [0, 0.1) is 12.8 Å². The zero-order chi connectivity index (χ0) is 17.8. The van der Waals surface area contributed by atoms with Gasteiger partial charge in [0.15, 0.2) is 11.5 Å². The zero-order valence-corrected chi connectivity index (χ0v) is 14.9. The third-order valence-electron chi connectivity index (χ3n) is 4.20. The van der Waals surface area contributed by atoms with Crippen LogP contribution in [-0.2, 0) is 0 Å². The minimum atomic E-state index is -0.172. The Morgan fingerprint density at radius 2 is 1.88 bits per heavy atom. The number of ether oxygens (including phenoxy) is 2. The van der Waals surface area contributed by atoms with Crippen LogP contribution in [0.2, 0.25) is 0 Å². The maximum Gasteiger partial charge on any atom is 0.270 e. The number of carbonyl (C=O) groups excluding carboxylic acids is 1. The summed E-state index contributed by atoms with van der Waals surface area (Å²) in [4.78, 5) is 16.9. The Bertz CT molecular complexity index is 758. The molecule has 0 spiro atoms. The average Bonchev–Trinajstić information content (AvgIpc) is 2.83. The number of nitrogens with zero attached hydrogens (tertiary/aromatic N) is 1. The van der Waals surface area contributed by atoms with Crippen LogP contribution in [0.1, 0.15) is 48.1 Å². The normalized spacial score (nSPS) is 14.7. The van der Waals surface area contributed by atoms with Gasteiger partial charge >= 0.3 is 0 Å². The highest BCUT2D eigenvalue weighted by molar-refractivity contribution is 5.92. The molecule has 1 aromatic heterocycles. The van der Waals surface area contributed by atoms with E-state index in [0.717, 1.165) is 29.2 Å². The number of aryl methyl sites for hydroxylation is 1. The summed E-state index contributed by atoms with van der Waals surface area (Å²) in [5.41, 5.74) is 2.25. The first kappa shape index (κ1) is 17.3. The first-order valence-electron chi connectivity index (χ1n) is 8.68. The molecule has 2 heterocycles. The van der Waals surface area contributed by atoms with Crippen molar-refractivity contribution in [3.63, 3.8) is 0 Å². The topological polar surface area (TPSA) is 60.5 Å². The van der Waals surface area contributed by atoms with Crippen LogP contribution in [0.4, 0.5) is 0 Å². The molecule has 5 heteroatoms. The van der Waals surface area contributed by atoms with Crippen LogP contribution < -0.4 is 14.8 Å². The molecule has 5 nitrogen and oxygen atoms in total. The molecule has 0 saturated carbocycles. The van der Waals surface area contributed by atoms with Crippen molar-refractivity contribution in [2.75, 3.05) is 13.2 Å². The predicted molar refractivity (Wildman–Crippen MR) is 96.1 cm³/mol. The number of carbonyl (C=O) groups is 1. The van der Waals surface area contributed by atoms with Crippen molar-refractivity contribution in [2.24, 2.45) is 5.92 Å². The maximum absolute atomic E-state index is 12.6. The molecule has 1 aromatic carbocycles. The van der Waals surface area contributed by atoms with E-state index in [-0.39, 0.29) is 17.9 Å². The molecule has 1 atom stereocenters. The molecule has 2 aromatic rings. The highest BCUT2D eigenvalue weighted by Gasteiger charge is 2.22. The molecule has 1 N–H and O–H groups in total. The lowest BCUT2D eigenvalue weighted by atomic mass is 9.95. The number of hydrogen-bond acceptors (Lipinski definition) is 4. The summed E-state index contributed by atoms with van der Waals surface area (Å²) in [6, 6.07) is 11.2. The molecule has 1 amide bonds. The number of hydrogen-bond donors (Lipinski definition) is 1. The van der Waals surface area contributed by atoms with Gasteiger partial charge in [0.1, 0.15) is 5.69 Å². The van der Waals surface area contributed by atoms with Crippen molar-refractivity contribution in [3.8, 4) is 11.5 Å². The van der Waals surface area contributed by atoms with E-state index in [9.17, 15) is 4.79 Å². The minimum Gasteiger partial charge on any atom is -0.490 e. The summed E-state index contributed by atoms with van der Waals surface area (Å²) < 4.78 is 11.5. The molecule has 0 saturated heterocycles. The molecule has 0 fully saturated rings. The fourth-order valence-electron chi connectivity index (χ4n) is 2.89. The van der Waals surface area contributed by atoms with Crippen molar-refractivity contribution in [2.45, 2.75) is 33.2 Å². The van der Waals surface area contributed by atoms with Crippen molar-refractivity contribution < 1.29 is 14.3 Å². The Hall–Kier alpha value is -2.56. The second-order valence-electron chi connectivity index (χ2n) is 6.62. The fourth-order valence-corrected chi connectivity index (χ4v) is 2.89. The summed E-state index contributed by atoms with van der Waals surface area (Å²) in [5, 5.41) is 3.10. The van der Waals surface area contributed by atoms with Gasteiger partial charge in [-0.1, -0.05) is 26.0 Å². The monoisotopic (exact) mass is 340 g/mol. The van der Waals surface area contributed by atoms with Crippen LogP contribution in [0.3, 0.4) is 0 Å². The molecule has 1 aliphatic rings. The standard InChI is InChI=1S/C20H24N2O3/c1-13(2)19(22-20(23)16-7-4-6-14(3)21-16)15-8-9-17-18(12-15)25-11-5-10-24-17/h4,6-9,12-13,19H,5,10-11H2,1-3H3,(H,22,23)/t19-/m0/s1. The van der Waals surface area contributed by atoms with E-state index in [2.05, 4.69) is 24.1 Å². The highest BCUT2D eigenvalue weighted by atomic mass is 16.5. The molecular formula is C20H24N2O3. The second-order valence-corrected chi connectivity index (χ2v) is 6.62. The van der Waals surface area contributed by atoms with E-state index >= 15 is 0 Å². The van der Waals surface area contributed by atoms with Crippen LogP contribution >= 0.6 is 0 Å². The van der Waals surface area contributed by atoms with Gasteiger partial charge in [-0.25, -0.2) is 4.98 Å². The van der Waals surface area contributed by atoms with Crippen LogP contribution in [-0.4, -0.2) is 24.1 Å². The largest absolute Gasteiger partial charge is 0.490 e. The first-order valence-corrected chi connectivity index (χ1v) is 8.68. The summed E-state index contributed by atoms with van der Waals surface area (Å²) in [7, 11) is 0. The van der Waals surface area contributed by atoms with Gasteiger partial charge in [-0.05, 0) is 42.7 Å². The van der Waals surface area contributed by atoms with Gasteiger partial charge < -0.3 is 14.8 Å². The van der Waals surface area contributed by atoms with Crippen molar-refractivity contribution in [1.82, 2.24) is 10.3 Å². The molecule has 0 radical (unpaired) electrons. The number of rotatable bonds is 4. The summed E-state index contributed by atoms with van der Waals surface area (Å²) in [6.07, 6.45) is 0.868. The Labute approximate surface area is 148 Å². The summed E-state index contributed by atoms with van der Waals surface area (Å²) in [5.74, 6) is 1.55. The van der Waals surface area contributed by atoms with Crippen molar-refractivity contribution in [1.29, 1.82) is 0 Å². The third-order valence-corrected chi connectivity index (χ3v) is 4.20. The SMILES string of the molecule is Cc1cccc(C(=O)N[C@H](c2ccc3c(c2)OCCCO3)C(C)C)n1. The maximum atomic E-state index is 12.6. The van der Waals surface area contributed by atoms with Gasteiger partial charge in [0.2, 0.25) is 0 Å². The van der Waals surface area contributed by atoms with E-state index in [1.165, 1.54) is 0 Å². The van der Waals surface area contributed by atoms with E-state index in [1.807, 2.05) is 37.3 Å². The van der Waals surface area contributed by atoms with Gasteiger partial charge in [-0.15, -0.1) is 0 Å². The van der Waals surface area contributed by atoms with Crippen LogP contribution in [0.5, 0.6) is 11.5 Å². The zero-order valence-electron chi connectivity index (χ0n) is 14.9. The Balaban J connectivity index is 1.84. The lowest BCUT2D eigenvalue weighted by Gasteiger charge is -2.23. The number of aromatic nitrogens is 1. The summed E-state index contributed by atoms with van der Waals surface area (Å²) >= 11 is 0. The minimum absolute atomic E-state index is 0.132. The second kappa shape index (κ2) is 7.55. The van der Waals surface area contributed by atoms with Gasteiger partial charge in [-0.3, -0.25) is 4.79 Å². The van der Waals surface area contributed by atoms with E-state index in [4.69, 9.17) is 9.47 Å². The first-order chi connectivity index (χ1) is 12.0. The predicted octanol–water partition coefficient (Wildman–Crippen LogP) is 3.68. The number of pyridine rings is 1. The van der Waals surface area contributed by atoms with E-state index < -0.39 is 0 Å². The molecular weight excluding hydrogens is 316 g/mol. The molecule has 1 aliphatic heterocycles. The van der Waals surface area contributed by atoms with Crippen molar-refractivity contribution >= 4 is 5.91 Å². The number of amides is 1. The van der Waals surface area contributed by atoms with Gasteiger partial charge in [-0.2, -0.15) is 0 Å². The molecule has 132 valence electrons. The molecule has 0 unspecified atom stereocenters. The third kappa shape index (κ3) is 4.10. The van der Waals surface area contributed by atoms with Gasteiger partial charge in [0, 0.05) is 12.1 Å². The Morgan fingerprint density at radius 1 is 1.12 bits per heavy atom.